The fourth-order valence-electron chi connectivity index (χ4n) is 3.77. The van der Waals surface area contributed by atoms with Crippen molar-refractivity contribution in [2.75, 3.05) is 0 Å². The minimum absolute atomic E-state index is 0.0513. The molecule has 0 aromatic rings. The predicted molar refractivity (Wildman–Crippen MR) is 71.0 cm³/mol. The Kier molecular flexibility index (Phi) is 3.37. The van der Waals surface area contributed by atoms with Crippen LogP contribution < -0.4 is 0 Å². The third-order valence-electron chi connectivity index (χ3n) is 5.24. The summed E-state index contributed by atoms with van der Waals surface area (Å²) in [7, 11) is 0. The summed E-state index contributed by atoms with van der Waals surface area (Å²) >= 11 is 0. The Morgan fingerprint density at radius 1 is 1.33 bits per heavy atom. The molecule has 1 fully saturated rings. The van der Waals surface area contributed by atoms with Gasteiger partial charge in [-0.05, 0) is 44.1 Å². The van der Waals surface area contributed by atoms with Crippen molar-refractivity contribution in [3.8, 4) is 0 Å². The van der Waals surface area contributed by atoms with Crippen LogP contribution in [0.15, 0.2) is 11.6 Å². The quantitative estimate of drug-likeness (QED) is 0.626. The van der Waals surface area contributed by atoms with Gasteiger partial charge in [-0.25, -0.2) is 0 Å². The Hall–Kier alpha value is -0.380. The lowest BCUT2D eigenvalue weighted by Crippen LogP contribution is -2.64. The highest BCUT2D eigenvalue weighted by atomic mass is 16.4. The van der Waals surface area contributed by atoms with Gasteiger partial charge in [-0.1, -0.05) is 19.9 Å². The second kappa shape index (κ2) is 4.32. The van der Waals surface area contributed by atoms with Crippen LogP contribution in [0, 0.1) is 17.8 Å². The second-order valence-electron chi connectivity index (χ2n) is 6.80. The van der Waals surface area contributed by atoms with E-state index in [1.807, 2.05) is 13.0 Å². The van der Waals surface area contributed by atoms with Gasteiger partial charge in [0.1, 0.15) is 5.60 Å². The summed E-state index contributed by atoms with van der Waals surface area (Å²) in [5.74, 6) is 0.791. The van der Waals surface area contributed by atoms with Crippen LogP contribution in [0.5, 0.6) is 0 Å². The molecule has 3 heteroatoms. The molecule has 0 aromatic heterocycles. The van der Waals surface area contributed by atoms with Crippen LogP contribution in [-0.2, 0) is 0 Å². The fourth-order valence-corrected chi connectivity index (χ4v) is 3.77. The number of rotatable bonds is 1. The molecule has 0 bridgehead atoms. The van der Waals surface area contributed by atoms with Crippen molar-refractivity contribution in [3.05, 3.63) is 11.6 Å². The molecule has 0 radical (unpaired) electrons. The summed E-state index contributed by atoms with van der Waals surface area (Å²) in [6, 6.07) is 0. The van der Waals surface area contributed by atoms with Crippen LogP contribution in [0.1, 0.15) is 47.0 Å². The Morgan fingerprint density at radius 2 is 1.94 bits per heavy atom. The third kappa shape index (κ3) is 1.93. The Morgan fingerprint density at radius 3 is 2.50 bits per heavy atom. The fraction of sp³-hybridized carbons (Fsp3) is 0.867. The van der Waals surface area contributed by atoms with Gasteiger partial charge in [-0.15, -0.1) is 0 Å². The third-order valence-corrected chi connectivity index (χ3v) is 5.24. The zero-order valence-corrected chi connectivity index (χ0v) is 11.8. The molecule has 3 N–H and O–H groups in total. The molecule has 0 heterocycles. The maximum Gasteiger partial charge on any atom is 0.102 e. The van der Waals surface area contributed by atoms with Crippen LogP contribution in [-0.4, -0.2) is 32.6 Å². The molecule has 1 saturated carbocycles. The van der Waals surface area contributed by atoms with Crippen molar-refractivity contribution in [1.29, 1.82) is 0 Å². The molecule has 0 amide bonds. The zero-order valence-electron chi connectivity index (χ0n) is 11.8. The molecular weight excluding hydrogens is 228 g/mol. The first kappa shape index (κ1) is 14.0. The van der Waals surface area contributed by atoms with Crippen molar-refractivity contribution in [1.82, 2.24) is 0 Å². The smallest absolute Gasteiger partial charge is 0.102 e. The monoisotopic (exact) mass is 254 g/mol. The van der Waals surface area contributed by atoms with E-state index in [9.17, 15) is 15.3 Å². The van der Waals surface area contributed by atoms with Gasteiger partial charge in [0.25, 0.3) is 0 Å². The first-order valence-electron chi connectivity index (χ1n) is 7.00. The van der Waals surface area contributed by atoms with E-state index in [-0.39, 0.29) is 12.3 Å². The summed E-state index contributed by atoms with van der Waals surface area (Å²) in [6.45, 7) is 7.95. The molecular formula is C15H26O3. The van der Waals surface area contributed by atoms with E-state index in [0.717, 1.165) is 12.0 Å². The van der Waals surface area contributed by atoms with Gasteiger partial charge in [0.2, 0.25) is 0 Å². The average molecular weight is 254 g/mol. The Labute approximate surface area is 110 Å². The normalized spacial score (nSPS) is 48.9. The van der Waals surface area contributed by atoms with E-state index in [4.69, 9.17) is 0 Å². The van der Waals surface area contributed by atoms with E-state index >= 15 is 0 Å². The van der Waals surface area contributed by atoms with Crippen molar-refractivity contribution in [3.63, 3.8) is 0 Å². The largest absolute Gasteiger partial charge is 0.389 e. The Bertz CT molecular complexity index is 359. The topological polar surface area (TPSA) is 60.7 Å². The summed E-state index contributed by atoms with van der Waals surface area (Å²) < 4.78 is 0. The summed E-state index contributed by atoms with van der Waals surface area (Å²) in [5, 5.41) is 31.5. The van der Waals surface area contributed by atoms with Gasteiger partial charge in [0, 0.05) is 12.3 Å². The molecule has 0 aromatic carbocycles. The molecule has 0 saturated heterocycles. The van der Waals surface area contributed by atoms with Crippen molar-refractivity contribution in [2.24, 2.45) is 17.8 Å². The second-order valence-corrected chi connectivity index (χ2v) is 6.80. The molecule has 18 heavy (non-hydrogen) atoms. The maximum atomic E-state index is 11.0. The highest BCUT2D eigenvalue weighted by Crippen LogP contribution is 2.52. The van der Waals surface area contributed by atoms with E-state index < -0.39 is 17.3 Å². The number of hydrogen-bond acceptors (Lipinski definition) is 3. The van der Waals surface area contributed by atoms with Crippen LogP contribution in [0.2, 0.25) is 0 Å². The lowest BCUT2D eigenvalue weighted by molar-refractivity contribution is -0.217. The first-order valence-corrected chi connectivity index (χ1v) is 7.00. The molecule has 2 rings (SSSR count). The van der Waals surface area contributed by atoms with Crippen LogP contribution >= 0.6 is 0 Å². The van der Waals surface area contributed by atoms with Crippen LogP contribution in [0.25, 0.3) is 0 Å². The lowest BCUT2D eigenvalue weighted by Gasteiger charge is -2.56. The number of aliphatic hydroxyl groups excluding tert-OH is 1. The molecule has 2 aliphatic rings. The molecule has 0 unspecified atom stereocenters. The Balaban J connectivity index is 2.44. The van der Waals surface area contributed by atoms with Gasteiger partial charge < -0.3 is 15.3 Å². The van der Waals surface area contributed by atoms with Gasteiger partial charge in [-0.3, -0.25) is 0 Å². The summed E-state index contributed by atoms with van der Waals surface area (Å²) in [6.07, 6.45) is 3.13. The van der Waals surface area contributed by atoms with E-state index in [0.29, 0.717) is 18.3 Å². The molecule has 0 spiro atoms. The molecule has 3 nitrogen and oxygen atoms in total. The highest BCUT2D eigenvalue weighted by molar-refractivity contribution is 5.24. The number of hydrogen-bond donors (Lipinski definition) is 3. The van der Waals surface area contributed by atoms with Crippen molar-refractivity contribution in [2.45, 2.75) is 64.3 Å². The van der Waals surface area contributed by atoms with E-state index in [2.05, 4.69) is 13.8 Å². The SMILES string of the molecule is CC1=C[C@H]2[C@H](C(C)C)CC[C@](C)(O)[C@@]2(O)C[C@@H]1O. The first-order chi connectivity index (χ1) is 8.19. The van der Waals surface area contributed by atoms with Gasteiger partial charge in [-0.2, -0.15) is 0 Å². The molecule has 2 aliphatic carbocycles. The lowest BCUT2D eigenvalue weighted by atomic mass is 9.55. The van der Waals surface area contributed by atoms with E-state index in [1.54, 1.807) is 6.92 Å². The minimum atomic E-state index is -1.20. The summed E-state index contributed by atoms with van der Waals surface area (Å²) in [5.41, 5.74) is -1.38. The maximum absolute atomic E-state index is 11.0. The van der Waals surface area contributed by atoms with Crippen LogP contribution in [0.4, 0.5) is 0 Å². The molecule has 104 valence electrons. The van der Waals surface area contributed by atoms with Crippen molar-refractivity contribution >= 4 is 0 Å². The molecule has 5 atom stereocenters. The number of aliphatic hydroxyl groups is 3. The zero-order chi connectivity index (χ0) is 13.7. The number of fused-ring (bicyclic) bond motifs is 1. The minimum Gasteiger partial charge on any atom is -0.389 e. The average Bonchev–Trinajstić information content (AvgIpc) is 2.23. The highest BCUT2D eigenvalue weighted by Gasteiger charge is 2.58. The van der Waals surface area contributed by atoms with E-state index in [1.165, 1.54) is 0 Å². The van der Waals surface area contributed by atoms with Gasteiger partial charge in [0.05, 0.1) is 11.7 Å². The van der Waals surface area contributed by atoms with Crippen molar-refractivity contribution < 1.29 is 15.3 Å². The van der Waals surface area contributed by atoms with Gasteiger partial charge in [0.15, 0.2) is 0 Å². The standard InChI is InChI=1S/C15H26O3/c1-9(2)11-5-6-14(4,17)15(18)8-13(16)10(3)7-12(11)15/h7,9,11-13,16-18H,5-6,8H2,1-4H3/t11-,12-,13-,14-,15+/m0/s1. The van der Waals surface area contributed by atoms with Crippen LogP contribution in [0.3, 0.4) is 0 Å². The molecule has 0 aliphatic heterocycles. The summed E-state index contributed by atoms with van der Waals surface area (Å²) in [4.78, 5) is 0. The predicted octanol–water partition coefficient (Wildman–Crippen LogP) is 1.86. The van der Waals surface area contributed by atoms with Gasteiger partial charge >= 0.3 is 0 Å².